The molecule has 276 valence electrons. The van der Waals surface area contributed by atoms with Gasteiger partial charge in [0.15, 0.2) is 0 Å². The molecule has 11 nitrogen and oxygen atoms in total. The first-order chi connectivity index (χ1) is 25.7. The number of carboxylic acids is 1. The van der Waals surface area contributed by atoms with Gasteiger partial charge in [0.2, 0.25) is 0 Å². The third kappa shape index (κ3) is 9.35. The number of rotatable bonds is 16. The van der Waals surface area contributed by atoms with Gasteiger partial charge in [0.1, 0.15) is 36.8 Å². The SMILES string of the molecule is Cc1c(COc2cc(OCc3cncc(C#N)c3)c(CN[C@@H](CO)C(=O)O)cc2Cl)cccc1-c1cccc2c1ccn2CCCN1CCC(O)CC1. The molecule has 3 aromatic carbocycles. The zero-order chi connectivity index (χ0) is 37.3. The largest absolute Gasteiger partial charge is 0.488 e. The number of nitriles is 1. The van der Waals surface area contributed by atoms with Crippen LogP contribution in [-0.2, 0) is 31.1 Å². The number of hydrogen-bond donors (Lipinski definition) is 4. The molecule has 1 fully saturated rings. The first kappa shape index (κ1) is 37.8. The zero-order valence-corrected chi connectivity index (χ0v) is 30.4. The lowest BCUT2D eigenvalue weighted by molar-refractivity contribution is -0.140. The zero-order valence-electron chi connectivity index (χ0n) is 29.7. The number of aliphatic hydroxyl groups excluding tert-OH is 2. The van der Waals surface area contributed by atoms with Crippen LogP contribution in [0, 0.1) is 18.3 Å². The van der Waals surface area contributed by atoms with E-state index >= 15 is 0 Å². The monoisotopic (exact) mass is 737 g/mol. The van der Waals surface area contributed by atoms with E-state index in [1.807, 2.05) is 12.1 Å². The molecule has 6 rings (SSSR count). The van der Waals surface area contributed by atoms with Gasteiger partial charge in [0, 0.05) is 72.9 Å². The predicted molar refractivity (Wildman–Crippen MR) is 203 cm³/mol. The number of carboxylic acid groups (broad SMARTS) is 1. The quantitative estimate of drug-likeness (QED) is 0.0938. The summed E-state index contributed by atoms with van der Waals surface area (Å²) in [5, 5.41) is 42.3. The summed E-state index contributed by atoms with van der Waals surface area (Å²) in [6.45, 7) is 5.75. The number of benzene rings is 3. The fourth-order valence-corrected chi connectivity index (χ4v) is 7.00. The number of piperidine rings is 1. The summed E-state index contributed by atoms with van der Waals surface area (Å²) in [5.41, 5.74) is 7.17. The molecule has 1 saturated heterocycles. The molecule has 3 heterocycles. The molecule has 53 heavy (non-hydrogen) atoms. The smallest absolute Gasteiger partial charge is 0.323 e. The third-order valence-electron chi connectivity index (χ3n) is 9.82. The average Bonchev–Trinajstić information content (AvgIpc) is 3.58. The van der Waals surface area contributed by atoms with E-state index in [4.69, 9.17) is 21.1 Å². The highest BCUT2D eigenvalue weighted by Gasteiger charge is 2.20. The molecule has 1 aliphatic rings. The van der Waals surface area contributed by atoms with E-state index in [1.54, 1.807) is 24.4 Å². The number of aliphatic hydroxyl groups is 2. The first-order valence-electron chi connectivity index (χ1n) is 17.8. The van der Waals surface area contributed by atoms with Crippen LogP contribution >= 0.6 is 11.6 Å². The van der Waals surface area contributed by atoms with Crippen molar-refractivity contribution in [2.24, 2.45) is 0 Å². The van der Waals surface area contributed by atoms with Crippen molar-refractivity contribution in [1.29, 1.82) is 5.26 Å². The topological polar surface area (TPSA) is 153 Å². The molecule has 1 aliphatic heterocycles. The molecule has 0 bridgehead atoms. The van der Waals surface area contributed by atoms with Crippen molar-refractivity contribution >= 4 is 28.5 Å². The van der Waals surface area contributed by atoms with Crippen LogP contribution in [0.1, 0.15) is 47.1 Å². The Bertz CT molecular complexity index is 2090. The Balaban J connectivity index is 1.19. The van der Waals surface area contributed by atoms with Crippen molar-refractivity contribution in [2.75, 3.05) is 26.2 Å². The summed E-state index contributed by atoms with van der Waals surface area (Å²) >= 11 is 6.72. The van der Waals surface area contributed by atoms with Gasteiger partial charge in [-0.1, -0.05) is 41.9 Å². The van der Waals surface area contributed by atoms with Crippen LogP contribution in [0.3, 0.4) is 0 Å². The number of hydrogen-bond acceptors (Lipinski definition) is 9. The first-order valence-corrected chi connectivity index (χ1v) is 18.2. The highest BCUT2D eigenvalue weighted by molar-refractivity contribution is 6.32. The van der Waals surface area contributed by atoms with Crippen LogP contribution in [0.5, 0.6) is 11.5 Å². The third-order valence-corrected chi connectivity index (χ3v) is 10.1. The van der Waals surface area contributed by atoms with E-state index in [-0.39, 0.29) is 25.9 Å². The molecule has 12 heteroatoms. The normalized spacial score (nSPS) is 14.2. The van der Waals surface area contributed by atoms with Crippen molar-refractivity contribution in [3.8, 4) is 28.7 Å². The lowest BCUT2D eigenvalue weighted by Gasteiger charge is -2.29. The molecule has 4 N–H and O–H groups in total. The maximum atomic E-state index is 11.5. The molecule has 0 radical (unpaired) electrons. The highest BCUT2D eigenvalue weighted by atomic mass is 35.5. The number of ether oxygens (including phenoxy) is 2. The lowest BCUT2D eigenvalue weighted by Crippen LogP contribution is -2.39. The summed E-state index contributed by atoms with van der Waals surface area (Å²) in [6, 6.07) is 20.7. The van der Waals surface area contributed by atoms with E-state index in [9.17, 15) is 25.4 Å². The number of pyridine rings is 1. The molecule has 0 amide bonds. The maximum Gasteiger partial charge on any atom is 0.323 e. The molecular formula is C41H44ClN5O6. The van der Waals surface area contributed by atoms with Crippen molar-refractivity contribution in [3.05, 3.63) is 112 Å². The van der Waals surface area contributed by atoms with Gasteiger partial charge in [-0.05, 0) is 79.3 Å². The average molecular weight is 738 g/mol. The molecule has 0 aliphatic carbocycles. The van der Waals surface area contributed by atoms with Crippen molar-refractivity contribution in [3.63, 3.8) is 0 Å². The number of aliphatic carboxylic acids is 1. The van der Waals surface area contributed by atoms with Crippen molar-refractivity contribution < 1.29 is 29.6 Å². The number of aryl methyl sites for hydroxylation is 1. The van der Waals surface area contributed by atoms with Crippen LogP contribution in [0.25, 0.3) is 22.0 Å². The minimum atomic E-state index is -1.18. The maximum absolute atomic E-state index is 11.5. The Morgan fingerprint density at radius 3 is 2.57 bits per heavy atom. The van der Waals surface area contributed by atoms with E-state index in [0.717, 1.165) is 67.7 Å². The summed E-state index contributed by atoms with van der Waals surface area (Å²) in [7, 11) is 0. The second-order valence-corrected chi connectivity index (χ2v) is 13.8. The van der Waals surface area contributed by atoms with Crippen molar-refractivity contribution in [1.82, 2.24) is 19.8 Å². The number of nitrogens with one attached hydrogen (secondary N) is 1. The Morgan fingerprint density at radius 1 is 1.02 bits per heavy atom. The summed E-state index contributed by atoms with van der Waals surface area (Å²) in [6.07, 6.45) is 7.83. The Kier molecular flexibility index (Phi) is 12.6. The second-order valence-electron chi connectivity index (χ2n) is 13.4. The van der Waals surface area contributed by atoms with E-state index in [0.29, 0.717) is 33.2 Å². The number of nitrogens with zero attached hydrogens (tertiary/aromatic N) is 4. The van der Waals surface area contributed by atoms with Gasteiger partial charge >= 0.3 is 5.97 Å². The van der Waals surface area contributed by atoms with Gasteiger partial charge in [0.05, 0.1) is 23.3 Å². The lowest BCUT2D eigenvalue weighted by atomic mass is 9.94. The molecule has 1 atom stereocenters. The van der Waals surface area contributed by atoms with Crippen LogP contribution in [0.4, 0.5) is 0 Å². The molecule has 0 saturated carbocycles. The van der Waals surface area contributed by atoms with Gasteiger partial charge in [-0.3, -0.25) is 15.1 Å². The van der Waals surface area contributed by atoms with Gasteiger partial charge in [-0.2, -0.15) is 5.26 Å². The standard InChI is InChI=1S/C41H44ClN5O6/c1-27-30(5-2-6-33(27)34-7-3-8-38-35(34)11-16-47(38)13-4-12-46-14-9-32(49)10-15-46)26-53-40-19-39(52-25-29-17-28(20-43)21-44-22-29)31(18-36(40)42)23-45-37(24-48)41(50)51/h2-3,5-8,11,16-19,21-22,32,37,45,48-49H,4,9-10,12-15,23-26H2,1H3,(H,50,51)/t37-/m0/s1. The number of likely N-dealkylation sites (tertiary alicyclic amines) is 1. The van der Waals surface area contributed by atoms with Crippen LogP contribution < -0.4 is 14.8 Å². The van der Waals surface area contributed by atoms with E-state index in [1.165, 1.54) is 17.1 Å². The van der Waals surface area contributed by atoms with Crippen molar-refractivity contribution in [2.45, 2.75) is 64.6 Å². The van der Waals surface area contributed by atoms with E-state index < -0.39 is 18.6 Å². The summed E-state index contributed by atoms with van der Waals surface area (Å²) in [4.78, 5) is 18.0. The molecular weight excluding hydrogens is 694 g/mol. The highest BCUT2D eigenvalue weighted by Crippen LogP contribution is 2.36. The summed E-state index contributed by atoms with van der Waals surface area (Å²) < 4.78 is 14.8. The fourth-order valence-electron chi connectivity index (χ4n) is 6.76. The number of carbonyl (C=O) groups is 1. The van der Waals surface area contributed by atoms with E-state index in [2.05, 4.69) is 69.3 Å². The molecule has 5 aromatic rings. The fraction of sp³-hybridized carbons (Fsp3) is 0.341. The Hall–Kier alpha value is -4.96. The molecule has 0 spiro atoms. The van der Waals surface area contributed by atoms with Gasteiger partial charge in [-0.25, -0.2) is 0 Å². The predicted octanol–water partition coefficient (Wildman–Crippen LogP) is 6.08. The van der Waals surface area contributed by atoms with Crippen LogP contribution in [0.15, 0.2) is 79.3 Å². The van der Waals surface area contributed by atoms with Gasteiger partial charge < -0.3 is 34.3 Å². The second kappa shape index (κ2) is 17.7. The summed E-state index contributed by atoms with van der Waals surface area (Å²) in [5.74, 6) is -0.397. The molecule has 0 unspecified atom stereocenters. The van der Waals surface area contributed by atoms with Gasteiger partial charge in [0.25, 0.3) is 0 Å². The molecule has 2 aromatic heterocycles. The number of aromatic nitrogens is 2. The number of fused-ring (bicyclic) bond motifs is 1. The minimum absolute atomic E-state index is 0.0568. The minimum Gasteiger partial charge on any atom is -0.488 e. The van der Waals surface area contributed by atoms with Crippen LogP contribution in [0.2, 0.25) is 5.02 Å². The number of halogens is 1. The Labute approximate surface area is 314 Å². The van der Waals surface area contributed by atoms with Crippen LogP contribution in [-0.4, -0.2) is 74.1 Å². The van der Waals surface area contributed by atoms with Gasteiger partial charge in [-0.15, -0.1) is 0 Å². The Morgan fingerprint density at radius 2 is 1.79 bits per heavy atom.